The standard InChI is InChI=1S/C28H30O9/c1-7-12-34-28(33)22-14-20(36-26(31)17(4)5)9-11-24(22)35-15-18(6)27(32)37-19-8-10-23(29)21(13-19)25(30)16(2)3/h8-11,13-16,29H,4,7,12H2,1-3,5-6H3/b18-15+. The largest absolute Gasteiger partial charge is 0.507 e. The molecule has 0 amide bonds. The van der Waals surface area contributed by atoms with Crippen LogP contribution in [0.4, 0.5) is 0 Å². The molecule has 2 aromatic carbocycles. The van der Waals surface area contributed by atoms with Crippen molar-refractivity contribution in [2.45, 2.75) is 41.0 Å². The lowest BCUT2D eigenvalue weighted by atomic mass is 10.00. The lowest BCUT2D eigenvalue weighted by molar-refractivity contribution is -0.131. The third-order valence-electron chi connectivity index (χ3n) is 4.82. The molecule has 0 bridgehead atoms. The lowest BCUT2D eigenvalue weighted by Crippen LogP contribution is -2.13. The van der Waals surface area contributed by atoms with Crippen LogP contribution in [0.1, 0.15) is 61.8 Å². The van der Waals surface area contributed by atoms with E-state index in [1.54, 1.807) is 13.8 Å². The number of aromatic hydroxyl groups is 1. The van der Waals surface area contributed by atoms with E-state index in [0.29, 0.717) is 6.42 Å². The van der Waals surface area contributed by atoms with Gasteiger partial charge in [-0.1, -0.05) is 27.4 Å². The van der Waals surface area contributed by atoms with Gasteiger partial charge in [-0.15, -0.1) is 0 Å². The zero-order valence-corrected chi connectivity index (χ0v) is 21.5. The predicted molar refractivity (Wildman–Crippen MR) is 135 cm³/mol. The number of phenolic OH excluding ortho intramolecular Hbond substituents is 1. The lowest BCUT2D eigenvalue weighted by Gasteiger charge is -2.12. The molecule has 37 heavy (non-hydrogen) atoms. The Morgan fingerprint density at radius 1 is 0.946 bits per heavy atom. The van der Waals surface area contributed by atoms with Crippen molar-refractivity contribution >= 4 is 23.7 Å². The molecule has 0 aliphatic carbocycles. The first-order valence-corrected chi connectivity index (χ1v) is 11.6. The van der Waals surface area contributed by atoms with Crippen molar-refractivity contribution in [2.24, 2.45) is 5.92 Å². The van der Waals surface area contributed by atoms with Crippen LogP contribution in [0.3, 0.4) is 0 Å². The molecule has 0 unspecified atom stereocenters. The van der Waals surface area contributed by atoms with Gasteiger partial charge in [0.25, 0.3) is 0 Å². The summed E-state index contributed by atoms with van der Waals surface area (Å²) in [5.74, 6) is -2.82. The molecule has 0 atom stereocenters. The van der Waals surface area contributed by atoms with Crippen molar-refractivity contribution in [1.29, 1.82) is 0 Å². The Morgan fingerprint density at radius 2 is 1.54 bits per heavy atom. The summed E-state index contributed by atoms with van der Waals surface area (Å²) in [6, 6.07) is 8.01. The van der Waals surface area contributed by atoms with Crippen LogP contribution in [0.2, 0.25) is 0 Å². The molecule has 0 aliphatic rings. The SMILES string of the molecule is C=C(C)C(=O)Oc1ccc(O/C=C(\C)C(=O)Oc2ccc(O)c(C(=O)C(C)C)c2)c(C(=O)OCCC)c1. The van der Waals surface area contributed by atoms with Crippen molar-refractivity contribution in [1.82, 2.24) is 0 Å². The fourth-order valence-corrected chi connectivity index (χ4v) is 2.78. The molecule has 0 heterocycles. The Kier molecular flexibility index (Phi) is 10.2. The Bertz CT molecular complexity index is 1240. The number of ketones is 1. The normalized spacial score (nSPS) is 11.0. The van der Waals surface area contributed by atoms with Gasteiger partial charge < -0.3 is 24.1 Å². The van der Waals surface area contributed by atoms with Gasteiger partial charge in [-0.05, 0) is 56.7 Å². The molecule has 2 aromatic rings. The third-order valence-corrected chi connectivity index (χ3v) is 4.82. The maximum atomic E-state index is 12.6. The van der Waals surface area contributed by atoms with Crippen molar-refractivity contribution in [3.8, 4) is 23.0 Å². The van der Waals surface area contributed by atoms with E-state index in [2.05, 4.69) is 6.58 Å². The summed E-state index contributed by atoms with van der Waals surface area (Å²) in [5, 5.41) is 9.97. The molecule has 1 N–H and O–H groups in total. The van der Waals surface area contributed by atoms with Crippen molar-refractivity contribution < 1.29 is 43.2 Å². The summed E-state index contributed by atoms with van der Waals surface area (Å²) < 4.78 is 21.2. The molecule has 9 nitrogen and oxygen atoms in total. The smallest absolute Gasteiger partial charge is 0.342 e. The topological polar surface area (TPSA) is 125 Å². The number of phenols is 1. The van der Waals surface area contributed by atoms with E-state index in [-0.39, 0.29) is 63.6 Å². The monoisotopic (exact) mass is 510 g/mol. The van der Waals surface area contributed by atoms with Crippen molar-refractivity contribution in [3.63, 3.8) is 0 Å². The van der Waals surface area contributed by atoms with E-state index in [0.717, 1.165) is 6.26 Å². The maximum absolute atomic E-state index is 12.6. The van der Waals surface area contributed by atoms with Gasteiger partial charge in [0.2, 0.25) is 0 Å². The van der Waals surface area contributed by atoms with E-state index in [1.165, 1.54) is 50.2 Å². The minimum absolute atomic E-state index is 0.0201. The zero-order chi connectivity index (χ0) is 27.7. The molecular formula is C28H30O9. The molecule has 0 aromatic heterocycles. The number of carbonyl (C=O) groups excluding carboxylic acids is 4. The molecule has 2 rings (SSSR count). The van der Waals surface area contributed by atoms with Gasteiger partial charge in [-0.25, -0.2) is 14.4 Å². The van der Waals surface area contributed by atoms with Crippen LogP contribution in [0.15, 0.2) is 60.4 Å². The highest BCUT2D eigenvalue weighted by atomic mass is 16.5. The average Bonchev–Trinajstić information content (AvgIpc) is 2.86. The molecule has 9 heteroatoms. The number of rotatable bonds is 11. The van der Waals surface area contributed by atoms with Crippen LogP contribution in [0.5, 0.6) is 23.0 Å². The van der Waals surface area contributed by atoms with Crippen LogP contribution in [-0.4, -0.2) is 35.4 Å². The fourth-order valence-electron chi connectivity index (χ4n) is 2.78. The van der Waals surface area contributed by atoms with E-state index in [9.17, 15) is 24.3 Å². The summed E-state index contributed by atoms with van der Waals surface area (Å²) in [7, 11) is 0. The average molecular weight is 511 g/mol. The number of hydrogen-bond acceptors (Lipinski definition) is 9. The summed E-state index contributed by atoms with van der Waals surface area (Å²) in [4.78, 5) is 49.2. The van der Waals surface area contributed by atoms with Crippen LogP contribution in [0.25, 0.3) is 0 Å². The molecule has 196 valence electrons. The van der Waals surface area contributed by atoms with Gasteiger partial charge in [-0.2, -0.15) is 0 Å². The highest BCUT2D eigenvalue weighted by Gasteiger charge is 2.19. The van der Waals surface area contributed by atoms with Gasteiger partial charge >= 0.3 is 17.9 Å². The number of esters is 3. The molecule has 0 spiro atoms. The quantitative estimate of drug-likeness (QED) is 0.143. The van der Waals surface area contributed by atoms with Gasteiger partial charge in [0.05, 0.1) is 17.7 Å². The molecule has 0 saturated heterocycles. The summed E-state index contributed by atoms with van der Waals surface area (Å²) in [6.45, 7) is 11.8. The number of carbonyl (C=O) groups is 4. The second-order valence-corrected chi connectivity index (χ2v) is 8.47. The van der Waals surface area contributed by atoms with Crippen molar-refractivity contribution in [2.75, 3.05) is 6.61 Å². The predicted octanol–water partition coefficient (Wildman–Crippen LogP) is 5.17. The molecule has 0 fully saturated rings. The number of benzene rings is 2. The Balaban J connectivity index is 2.24. The van der Waals surface area contributed by atoms with Crippen LogP contribution in [-0.2, 0) is 14.3 Å². The fraction of sp³-hybridized carbons (Fsp3) is 0.286. The first kappa shape index (κ1) is 28.8. The molecule has 0 radical (unpaired) electrons. The zero-order valence-electron chi connectivity index (χ0n) is 21.5. The number of ether oxygens (including phenoxy) is 4. The van der Waals surface area contributed by atoms with Crippen LogP contribution in [0, 0.1) is 5.92 Å². The maximum Gasteiger partial charge on any atom is 0.342 e. The first-order chi connectivity index (χ1) is 17.4. The Morgan fingerprint density at radius 3 is 2.14 bits per heavy atom. The van der Waals surface area contributed by atoms with E-state index in [1.807, 2.05) is 6.92 Å². The van der Waals surface area contributed by atoms with E-state index >= 15 is 0 Å². The van der Waals surface area contributed by atoms with E-state index in [4.69, 9.17) is 18.9 Å². The molecule has 0 aliphatic heterocycles. The van der Waals surface area contributed by atoms with Crippen LogP contribution >= 0.6 is 0 Å². The Labute approximate surface area is 215 Å². The van der Waals surface area contributed by atoms with E-state index < -0.39 is 17.9 Å². The van der Waals surface area contributed by atoms with Gasteiger partial charge in [0.15, 0.2) is 5.78 Å². The minimum atomic E-state index is -0.782. The van der Waals surface area contributed by atoms with Crippen LogP contribution < -0.4 is 14.2 Å². The van der Waals surface area contributed by atoms with Gasteiger partial charge in [0.1, 0.15) is 34.8 Å². The number of hydrogen-bond donors (Lipinski definition) is 1. The second kappa shape index (κ2) is 13.1. The van der Waals surface area contributed by atoms with Gasteiger partial charge in [-0.3, -0.25) is 4.79 Å². The summed E-state index contributed by atoms with van der Waals surface area (Å²) in [6.07, 6.45) is 1.69. The molecular weight excluding hydrogens is 480 g/mol. The summed E-state index contributed by atoms with van der Waals surface area (Å²) >= 11 is 0. The minimum Gasteiger partial charge on any atom is -0.507 e. The molecule has 0 saturated carbocycles. The first-order valence-electron chi connectivity index (χ1n) is 11.6. The highest BCUT2D eigenvalue weighted by Crippen LogP contribution is 2.28. The highest BCUT2D eigenvalue weighted by molar-refractivity contribution is 6.00. The third kappa shape index (κ3) is 8.06. The summed E-state index contributed by atoms with van der Waals surface area (Å²) in [5.41, 5.74) is 0.242. The number of Topliss-reactive ketones (excluding diaryl/α,β-unsaturated/α-hetero) is 1. The second-order valence-electron chi connectivity index (χ2n) is 8.47. The Hall–Kier alpha value is -4.40. The van der Waals surface area contributed by atoms with Gasteiger partial charge in [0, 0.05) is 11.5 Å². The van der Waals surface area contributed by atoms with Crippen molar-refractivity contribution in [3.05, 3.63) is 71.5 Å².